The maximum absolute atomic E-state index is 11.4. The molecule has 0 atom stereocenters. The van der Waals surface area contributed by atoms with Crippen LogP contribution in [0.1, 0.15) is 13.8 Å². The topological polar surface area (TPSA) is 72.9 Å². The lowest BCUT2D eigenvalue weighted by Gasteiger charge is -2.15. The van der Waals surface area contributed by atoms with Gasteiger partial charge in [-0.25, -0.2) is 17.5 Å². The highest BCUT2D eigenvalue weighted by atomic mass is 32.2. The summed E-state index contributed by atoms with van der Waals surface area (Å²) in [5.74, 6) is -0.385. The zero-order valence-corrected chi connectivity index (χ0v) is 12.0. The molecular weight excluding hydrogens is 258 g/mol. The maximum atomic E-state index is 11.4. The molecule has 0 saturated carbocycles. The summed E-state index contributed by atoms with van der Waals surface area (Å²) < 4.78 is 34.0. The summed E-state index contributed by atoms with van der Waals surface area (Å²) in [5.41, 5.74) is 0.337. The van der Waals surface area contributed by atoms with E-state index in [1.807, 2.05) is 0 Å². The normalized spacial score (nSPS) is 11.6. The second-order valence-electron chi connectivity index (χ2n) is 3.75. The molecule has 106 valence electrons. The molecule has 6 nitrogen and oxygen atoms in total. The van der Waals surface area contributed by atoms with Crippen molar-refractivity contribution in [3.05, 3.63) is 12.2 Å². The first-order valence-corrected chi connectivity index (χ1v) is 7.26. The Hall–Kier alpha value is -0.920. The Morgan fingerprint density at radius 1 is 1.28 bits per heavy atom. The number of hydrogen-bond donors (Lipinski definition) is 0. The zero-order chi connectivity index (χ0) is 14.2. The molecule has 0 aromatic heterocycles. The Kier molecular flexibility index (Phi) is 7.81. The third-order valence-corrected chi connectivity index (χ3v) is 4.06. The minimum atomic E-state index is -3.16. The highest BCUT2D eigenvalue weighted by Gasteiger charge is 2.14. The van der Waals surface area contributed by atoms with Gasteiger partial charge in [0, 0.05) is 19.2 Å². The zero-order valence-electron chi connectivity index (χ0n) is 11.1. The second kappa shape index (κ2) is 8.23. The molecule has 0 bridgehead atoms. The Morgan fingerprint density at radius 2 is 1.89 bits per heavy atom. The molecule has 0 aliphatic rings. The number of sulfonamides is 1. The first-order chi connectivity index (χ1) is 8.31. The fraction of sp³-hybridized carbons (Fsp3) is 0.727. The van der Waals surface area contributed by atoms with Crippen LogP contribution in [0.15, 0.2) is 12.2 Å². The van der Waals surface area contributed by atoms with Gasteiger partial charge >= 0.3 is 5.97 Å². The highest BCUT2D eigenvalue weighted by Crippen LogP contribution is 1.97. The van der Waals surface area contributed by atoms with Crippen molar-refractivity contribution in [2.24, 2.45) is 0 Å². The summed E-state index contributed by atoms with van der Waals surface area (Å²) in [7, 11) is -1.66. The summed E-state index contributed by atoms with van der Waals surface area (Å²) in [5, 5.41) is 0. The van der Waals surface area contributed by atoms with Crippen molar-refractivity contribution < 1.29 is 22.7 Å². The van der Waals surface area contributed by atoms with Crippen molar-refractivity contribution in [3.63, 3.8) is 0 Å². The number of carbonyl (C=O) groups excluding carboxylic acids is 1. The van der Waals surface area contributed by atoms with Crippen LogP contribution in [0.25, 0.3) is 0 Å². The Morgan fingerprint density at radius 3 is 2.39 bits per heavy atom. The average Bonchev–Trinajstić information content (AvgIpc) is 2.32. The fourth-order valence-corrected chi connectivity index (χ4v) is 1.76. The molecule has 18 heavy (non-hydrogen) atoms. The molecule has 0 aliphatic carbocycles. The predicted molar refractivity (Wildman–Crippen MR) is 68.7 cm³/mol. The van der Waals surface area contributed by atoms with Gasteiger partial charge in [0.25, 0.3) is 0 Å². The molecule has 7 heteroatoms. The molecule has 0 spiro atoms. The van der Waals surface area contributed by atoms with Crippen molar-refractivity contribution >= 4 is 16.0 Å². The quantitative estimate of drug-likeness (QED) is 0.347. The lowest BCUT2D eigenvalue weighted by atomic mass is 10.4. The van der Waals surface area contributed by atoms with Crippen LogP contribution in [0.5, 0.6) is 0 Å². The molecule has 0 saturated heterocycles. The summed E-state index contributed by atoms with van der Waals surface area (Å²) in [6.45, 7) is 7.51. The van der Waals surface area contributed by atoms with Gasteiger partial charge < -0.3 is 9.47 Å². The van der Waals surface area contributed by atoms with Crippen molar-refractivity contribution in [2.75, 3.05) is 39.2 Å². The van der Waals surface area contributed by atoms with E-state index < -0.39 is 16.0 Å². The molecule has 0 N–H and O–H groups in total. The molecule has 0 fully saturated rings. The van der Waals surface area contributed by atoms with E-state index in [1.165, 1.54) is 11.4 Å². The summed E-state index contributed by atoms with van der Waals surface area (Å²) in [6.07, 6.45) is 0. The SMILES string of the molecule is C=C(C)C(=O)OCCOCCN(C)S(=O)(=O)CC. The standard InChI is InChI=1S/C11H21NO5S/c1-5-18(14,15)12(4)6-7-16-8-9-17-11(13)10(2)3/h2,5-9H2,1,3-4H3. The summed E-state index contributed by atoms with van der Waals surface area (Å²) in [6, 6.07) is 0. The second-order valence-corrected chi connectivity index (χ2v) is 6.12. The Labute approximate surface area is 109 Å². The summed E-state index contributed by atoms with van der Waals surface area (Å²) >= 11 is 0. The lowest BCUT2D eigenvalue weighted by Crippen LogP contribution is -2.31. The van der Waals surface area contributed by atoms with Gasteiger partial charge in [0.15, 0.2) is 0 Å². The van der Waals surface area contributed by atoms with Crippen LogP contribution in [0, 0.1) is 0 Å². The van der Waals surface area contributed by atoms with Gasteiger partial charge in [-0.05, 0) is 13.8 Å². The van der Waals surface area contributed by atoms with E-state index in [0.717, 1.165) is 0 Å². The van der Waals surface area contributed by atoms with Gasteiger partial charge in [-0.3, -0.25) is 0 Å². The number of hydrogen-bond acceptors (Lipinski definition) is 5. The van der Waals surface area contributed by atoms with Crippen LogP contribution in [-0.2, 0) is 24.3 Å². The van der Waals surface area contributed by atoms with Gasteiger partial charge in [-0.2, -0.15) is 0 Å². The van der Waals surface area contributed by atoms with E-state index in [4.69, 9.17) is 9.47 Å². The van der Waals surface area contributed by atoms with Gasteiger partial charge in [-0.15, -0.1) is 0 Å². The van der Waals surface area contributed by atoms with Crippen LogP contribution < -0.4 is 0 Å². The third-order valence-electron chi connectivity index (χ3n) is 2.20. The molecule has 0 radical (unpaired) electrons. The van der Waals surface area contributed by atoms with Crippen molar-refractivity contribution in [1.82, 2.24) is 4.31 Å². The van der Waals surface area contributed by atoms with Crippen molar-refractivity contribution in [3.8, 4) is 0 Å². The van der Waals surface area contributed by atoms with Crippen LogP contribution in [0.3, 0.4) is 0 Å². The predicted octanol–water partition coefficient (Wildman–Crippen LogP) is 0.404. The molecule has 0 aromatic carbocycles. The molecule has 0 amide bonds. The van der Waals surface area contributed by atoms with E-state index >= 15 is 0 Å². The van der Waals surface area contributed by atoms with E-state index in [1.54, 1.807) is 13.8 Å². The molecule has 0 aromatic rings. The van der Waals surface area contributed by atoms with Crippen LogP contribution in [0.2, 0.25) is 0 Å². The van der Waals surface area contributed by atoms with Gasteiger partial charge in [0.05, 0.1) is 19.0 Å². The highest BCUT2D eigenvalue weighted by molar-refractivity contribution is 7.89. The Balaban J connectivity index is 3.64. The minimum absolute atomic E-state index is 0.0692. The van der Waals surface area contributed by atoms with Gasteiger partial charge in [-0.1, -0.05) is 6.58 Å². The monoisotopic (exact) mass is 279 g/mol. The number of nitrogens with zero attached hydrogens (tertiary/aromatic N) is 1. The van der Waals surface area contributed by atoms with E-state index in [2.05, 4.69) is 6.58 Å². The number of rotatable bonds is 9. The van der Waals surface area contributed by atoms with Gasteiger partial charge in [0.2, 0.25) is 10.0 Å². The van der Waals surface area contributed by atoms with Crippen LogP contribution >= 0.6 is 0 Å². The van der Waals surface area contributed by atoms with Crippen molar-refractivity contribution in [1.29, 1.82) is 0 Å². The number of carbonyl (C=O) groups is 1. The smallest absolute Gasteiger partial charge is 0.333 e. The maximum Gasteiger partial charge on any atom is 0.333 e. The van der Waals surface area contributed by atoms with Gasteiger partial charge in [0.1, 0.15) is 6.61 Å². The fourth-order valence-electron chi connectivity index (χ4n) is 0.971. The lowest BCUT2D eigenvalue weighted by molar-refractivity contribution is -0.140. The van der Waals surface area contributed by atoms with Crippen LogP contribution in [-0.4, -0.2) is 57.9 Å². The third kappa shape index (κ3) is 6.73. The average molecular weight is 279 g/mol. The Bertz CT molecular complexity index is 377. The number of ether oxygens (including phenoxy) is 2. The largest absolute Gasteiger partial charge is 0.460 e. The molecular formula is C11H21NO5S. The van der Waals surface area contributed by atoms with E-state index in [0.29, 0.717) is 5.57 Å². The van der Waals surface area contributed by atoms with E-state index in [9.17, 15) is 13.2 Å². The minimum Gasteiger partial charge on any atom is -0.460 e. The van der Waals surface area contributed by atoms with Crippen molar-refractivity contribution in [2.45, 2.75) is 13.8 Å². The number of esters is 1. The number of likely N-dealkylation sites (N-methyl/N-ethyl adjacent to an activating group) is 1. The van der Waals surface area contributed by atoms with Crippen LogP contribution in [0.4, 0.5) is 0 Å². The first kappa shape index (κ1) is 17.1. The molecule has 0 heterocycles. The van der Waals surface area contributed by atoms with E-state index in [-0.39, 0.29) is 32.1 Å². The molecule has 0 unspecified atom stereocenters. The summed E-state index contributed by atoms with van der Waals surface area (Å²) in [4.78, 5) is 11.0. The first-order valence-electron chi connectivity index (χ1n) is 5.65. The molecule has 0 aliphatic heterocycles. The molecule has 0 rings (SSSR count).